The van der Waals surface area contributed by atoms with E-state index in [1.54, 1.807) is 0 Å². The van der Waals surface area contributed by atoms with Crippen molar-refractivity contribution in [1.29, 1.82) is 0 Å². The third-order valence-corrected chi connectivity index (χ3v) is 4.40. The Balaban J connectivity index is 2.13. The number of hydrogen-bond acceptors (Lipinski definition) is 3. The second kappa shape index (κ2) is 6.04. The van der Waals surface area contributed by atoms with Crippen molar-refractivity contribution in [1.82, 2.24) is 5.32 Å². The largest absolute Gasteiger partial charge is 0.393 e. The molecule has 3 nitrogen and oxygen atoms in total. The number of benzene rings is 1. The zero-order chi connectivity index (χ0) is 13.1. The maximum absolute atomic E-state index is 9.53. The van der Waals surface area contributed by atoms with Crippen molar-refractivity contribution in [2.24, 2.45) is 0 Å². The number of halogens is 1. The summed E-state index contributed by atoms with van der Waals surface area (Å²) in [7, 11) is 1.97. The molecule has 1 aromatic carbocycles. The van der Waals surface area contributed by atoms with Gasteiger partial charge in [-0.15, -0.1) is 0 Å². The minimum absolute atomic E-state index is 0.117. The number of hydrogen-bond donors (Lipinski definition) is 2. The van der Waals surface area contributed by atoms with E-state index in [0.29, 0.717) is 6.04 Å². The lowest BCUT2D eigenvalue weighted by atomic mass is 10.0. The van der Waals surface area contributed by atoms with Gasteiger partial charge >= 0.3 is 0 Å². The van der Waals surface area contributed by atoms with Crippen LogP contribution in [0.1, 0.15) is 31.4 Å². The maximum Gasteiger partial charge on any atom is 0.0574 e. The molecule has 1 atom stereocenters. The predicted octanol–water partition coefficient (Wildman–Crippen LogP) is 2.69. The van der Waals surface area contributed by atoms with Gasteiger partial charge in [-0.05, 0) is 44.5 Å². The Kier molecular flexibility index (Phi) is 4.65. The van der Waals surface area contributed by atoms with Gasteiger partial charge in [-0.3, -0.25) is 0 Å². The van der Waals surface area contributed by atoms with Gasteiger partial charge in [0.25, 0.3) is 0 Å². The summed E-state index contributed by atoms with van der Waals surface area (Å²) in [4.78, 5) is 2.34. The highest BCUT2D eigenvalue weighted by molar-refractivity contribution is 9.10. The fraction of sp³-hybridized carbons (Fsp3) is 0.571. The topological polar surface area (TPSA) is 35.5 Å². The molecule has 0 spiro atoms. The first-order chi connectivity index (χ1) is 8.61. The number of piperidine rings is 1. The summed E-state index contributed by atoms with van der Waals surface area (Å²) in [6.45, 7) is 4.03. The lowest BCUT2D eigenvalue weighted by Gasteiger charge is -2.32. The summed E-state index contributed by atoms with van der Waals surface area (Å²) in [5.74, 6) is 0. The molecule has 1 heterocycles. The number of rotatable bonds is 3. The molecule has 1 aromatic rings. The van der Waals surface area contributed by atoms with E-state index in [-0.39, 0.29) is 6.10 Å². The van der Waals surface area contributed by atoms with Gasteiger partial charge in [0, 0.05) is 29.3 Å². The lowest BCUT2D eigenvalue weighted by Crippen LogP contribution is -2.35. The van der Waals surface area contributed by atoms with Crippen LogP contribution in [0.2, 0.25) is 0 Å². The number of anilines is 1. The van der Waals surface area contributed by atoms with Crippen molar-refractivity contribution >= 4 is 21.6 Å². The Bertz CT molecular complexity index is 403. The fourth-order valence-corrected chi connectivity index (χ4v) is 3.05. The van der Waals surface area contributed by atoms with Crippen LogP contribution in [-0.2, 0) is 0 Å². The molecular weight excluding hydrogens is 292 g/mol. The van der Waals surface area contributed by atoms with Crippen LogP contribution >= 0.6 is 15.9 Å². The monoisotopic (exact) mass is 312 g/mol. The maximum atomic E-state index is 9.53. The van der Waals surface area contributed by atoms with E-state index in [9.17, 15) is 5.11 Å². The summed E-state index contributed by atoms with van der Waals surface area (Å²) in [6, 6.07) is 6.87. The summed E-state index contributed by atoms with van der Waals surface area (Å²) in [5.41, 5.74) is 2.51. The minimum Gasteiger partial charge on any atom is -0.393 e. The van der Waals surface area contributed by atoms with Gasteiger partial charge in [-0.2, -0.15) is 0 Å². The summed E-state index contributed by atoms with van der Waals surface area (Å²) >= 11 is 3.65. The highest BCUT2D eigenvalue weighted by Crippen LogP contribution is 2.29. The lowest BCUT2D eigenvalue weighted by molar-refractivity contribution is 0.145. The van der Waals surface area contributed by atoms with Crippen LogP contribution in [0.15, 0.2) is 22.7 Å². The van der Waals surface area contributed by atoms with Gasteiger partial charge in [0.2, 0.25) is 0 Å². The van der Waals surface area contributed by atoms with Gasteiger partial charge in [0.05, 0.1) is 6.10 Å². The third-order valence-electron chi connectivity index (χ3n) is 3.71. The Morgan fingerprint density at radius 1 is 1.39 bits per heavy atom. The first-order valence-corrected chi connectivity index (χ1v) is 7.31. The molecule has 0 bridgehead atoms. The van der Waals surface area contributed by atoms with Gasteiger partial charge in [-0.25, -0.2) is 0 Å². The van der Waals surface area contributed by atoms with Gasteiger partial charge in [-0.1, -0.05) is 22.0 Å². The molecule has 1 saturated heterocycles. The molecule has 18 heavy (non-hydrogen) atoms. The highest BCUT2D eigenvalue weighted by atomic mass is 79.9. The zero-order valence-corrected chi connectivity index (χ0v) is 12.6. The van der Waals surface area contributed by atoms with E-state index in [0.717, 1.165) is 30.4 Å². The van der Waals surface area contributed by atoms with Crippen molar-refractivity contribution in [3.63, 3.8) is 0 Å². The Morgan fingerprint density at radius 3 is 2.61 bits per heavy atom. The molecule has 2 rings (SSSR count). The van der Waals surface area contributed by atoms with E-state index in [4.69, 9.17) is 0 Å². The van der Waals surface area contributed by atoms with Crippen LogP contribution in [-0.4, -0.2) is 31.3 Å². The van der Waals surface area contributed by atoms with E-state index in [1.807, 2.05) is 7.05 Å². The Morgan fingerprint density at radius 2 is 2.06 bits per heavy atom. The van der Waals surface area contributed by atoms with Gasteiger partial charge in [0.1, 0.15) is 0 Å². The summed E-state index contributed by atoms with van der Waals surface area (Å²) < 4.78 is 1.15. The molecule has 4 heteroatoms. The van der Waals surface area contributed by atoms with Crippen molar-refractivity contribution in [3.8, 4) is 0 Å². The molecule has 1 fully saturated rings. The number of nitrogens with zero attached hydrogens (tertiary/aromatic N) is 1. The Labute approximate surface area is 117 Å². The molecule has 0 amide bonds. The number of aliphatic hydroxyl groups is 1. The van der Waals surface area contributed by atoms with Crippen molar-refractivity contribution in [3.05, 3.63) is 28.2 Å². The normalized spacial score (nSPS) is 19.0. The number of aliphatic hydroxyl groups excluding tert-OH is 1. The molecule has 100 valence electrons. The SMILES string of the molecule is CNC(C)c1ccc(N2CCC(O)CC2)cc1Br. The molecule has 0 radical (unpaired) electrons. The second-order valence-corrected chi connectivity index (χ2v) is 5.79. The molecule has 0 aromatic heterocycles. The molecule has 1 aliphatic heterocycles. The molecule has 2 N–H and O–H groups in total. The van der Waals surface area contributed by atoms with Crippen molar-refractivity contribution < 1.29 is 5.11 Å². The van der Waals surface area contributed by atoms with Crippen LogP contribution < -0.4 is 10.2 Å². The molecule has 1 unspecified atom stereocenters. The van der Waals surface area contributed by atoms with E-state index in [1.165, 1.54) is 11.3 Å². The standard InChI is InChI=1S/C14H21BrN2O/c1-10(16-2)13-4-3-11(9-14(13)15)17-7-5-12(18)6-8-17/h3-4,9-10,12,16,18H,5-8H2,1-2H3. The quantitative estimate of drug-likeness (QED) is 0.901. The fourth-order valence-electron chi connectivity index (χ4n) is 2.34. The van der Waals surface area contributed by atoms with Gasteiger partial charge < -0.3 is 15.3 Å². The van der Waals surface area contributed by atoms with Gasteiger partial charge in [0.15, 0.2) is 0 Å². The summed E-state index contributed by atoms with van der Waals surface area (Å²) in [5, 5.41) is 12.8. The van der Waals surface area contributed by atoms with Crippen LogP contribution in [0.3, 0.4) is 0 Å². The highest BCUT2D eigenvalue weighted by Gasteiger charge is 2.18. The van der Waals surface area contributed by atoms with Crippen molar-refractivity contribution in [2.75, 3.05) is 25.0 Å². The number of nitrogens with one attached hydrogen (secondary N) is 1. The van der Waals surface area contributed by atoms with Crippen LogP contribution in [0.25, 0.3) is 0 Å². The summed E-state index contributed by atoms with van der Waals surface area (Å²) in [6.07, 6.45) is 1.62. The molecule has 0 saturated carbocycles. The van der Waals surface area contributed by atoms with Crippen LogP contribution in [0, 0.1) is 0 Å². The third kappa shape index (κ3) is 3.05. The average molecular weight is 313 g/mol. The molecule has 1 aliphatic rings. The molecular formula is C14H21BrN2O. The van der Waals surface area contributed by atoms with E-state index < -0.39 is 0 Å². The first kappa shape index (κ1) is 13.8. The zero-order valence-electron chi connectivity index (χ0n) is 11.0. The Hall–Kier alpha value is -0.580. The van der Waals surface area contributed by atoms with E-state index in [2.05, 4.69) is 51.3 Å². The average Bonchev–Trinajstić information content (AvgIpc) is 2.38. The predicted molar refractivity (Wildman–Crippen MR) is 79.1 cm³/mol. The first-order valence-electron chi connectivity index (χ1n) is 6.51. The molecule has 0 aliphatic carbocycles. The minimum atomic E-state index is -0.117. The van der Waals surface area contributed by atoms with Crippen LogP contribution in [0.4, 0.5) is 5.69 Å². The van der Waals surface area contributed by atoms with Crippen molar-refractivity contribution in [2.45, 2.75) is 31.9 Å². The van der Waals surface area contributed by atoms with E-state index >= 15 is 0 Å². The second-order valence-electron chi connectivity index (χ2n) is 4.93. The van der Waals surface area contributed by atoms with Crippen LogP contribution in [0.5, 0.6) is 0 Å². The smallest absolute Gasteiger partial charge is 0.0574 e.